The van der Waals surface area contributed by atoms with Gasteiger partial charge in [-0.1, -0.05) is 17.7 Å². The number of phenols is 1. The summed E-state index contributed by atoms with van der Waals surface area (Å²) in [7, 11) is 0. The van der Waals surface area contributed by atoms with Crippen molar-refractivity contribution in [1.29, 1.82) is 5.26 Å². The number of hydrogen-bond donors (Lipinski definition) is 4. The number of carbonyl (C=O) groups is 1. The molecule has 1 aliphatic heterocycles. The number of aryl methyl sites for hydroxylation is 3. The van der Waals surface area contributed by atoms with E-state index in [1.165, 1.54) is 16.2 Å². The van der Waals surface area contributed by atoms with E-state index in [1.807, 2.05) is 26.0 Å². The molecule has 2 unspecified atom stereocenters. The van der Waals surface area contributed by atoms with Crippen LogP contribution in [0.25, 0.3) is 0 Å². The van der Waals surface area contributed by atoms with Crippen molar-refractivity contribution in [3.63, 3.8) is 0 Å². The highest BCUT2D eigenvalue weighted by Crippen LogP contribution is 2.38. The molecule has 4 rings (SSSR count). The fourth-order valence-corrected chi connectivity index (χ4v) is 5.40. The average molecular weight is 397 g/mol. The van der Waals surface area contributed by atoms with Gasteiger partial charge in [-0.3, -0.25) is 4.79 Å². The number of fused-ring (bicyclic) bond motifs is 1. The zero-order valence-corrected chi connectivity index (χ0v) is 16.9. The predicted molar refractivity (Wildman–Crippen MR) is 109 cm³/mol. The summed E-state index contributed by atoms with van der Waals surface area (Å²) in [5, 5.41) is 23.6. The minimum Gasteiger partial charge on any atom is -0.507 e. The molecule has 2 aliphatic rings. The van der Waals surface area contributed by atoms with Gasteiger partial charge in [-0.25, -0.2) is 10.9 Å². The van der Waals surface area contributed by atoms with E-state index in [2.05, 4.69) is 22.2 Å². The second kappa shape index (κ2) is 7.55. The van der Waals surface area contributed by atoms with Gasteiger partial charge < -0.3 is 10.4 Å². The lowest BCUT2D eigenvalue weighted by molar-refractivity contribution is -0.117. The maximum absolute atomic E-state index is 12.8. The van der Waals surface area contributed by atoms with Gasteiger partial charge in [-0.2, -0.15) is 5.26 Å². The minimum absolute atomic E-state index is 0.152. The molecule has 1 fully saturated rings. The monoisotopic (exact) mass is 396 g/mol. The van der Waals surface area contributed by atoms with Gasteiger partial charge in [0.2, 0.25) is 5.91 Å². The molecule has 1 amide bonds. The van der Waals surface area contributed by atoms with Crippen molar-refractivity contribution in [2.75, 3.05) is 5.32 Å². The molecule has 146 valence electrons. The zero-order valence-electron chi connectivity index (χ0n) is 16.1. The molecular formula is C21H24N4O2S. The number of rotatable bonds is 3. The first-order chi connectivity index (χ1) is 13.5. The van der Waals surface area contributed by atoms with Crippen LogP contribution in [0.1, 0.15) is 58.0 Å². The molecule has 1 aromatic heterocycles. The van der Waals surface area contributed by atoms with Crippen molar-refractivity contribution in [3.05, 3.63) is 44.8 Å². The van der Waals surface area contributed by atoms with E-state index in [0.717, 1.165) is 47.9 Å². The van der Waals surface area contributed by atoms with E-state index in [9.17, 15) is 15.2 Å². The Morgan fingerprint density at radius 2 is 2.07 bits per heavy atom. The molecule has 0 spiro atoms. The number of amides is 1. The van der Waals surface area contributed by atoms with Crippen LogP contribution in [0.4, 0.5) is 5.00 Å². The van der Waals surface area contributed by atoms with Crippen LogP contribution in [-0.4, -0.2) is 17.1 Å². The number of aromatic hydroxyl groups is 1. The number of nitriles is 1. The largest absolute Gasteiger partial charge is 0.507 e. The van der Waals surface area contributed by atoms with Crippen molar-refractivity contribution < 1.29 is 9.90 Å². The van der Waals surface area contributed by atoms with Gasteiger partial charge >= 0.3 is 0 Å². The molecular weight excluding hydrogens is 372 g/mol. The van der Waals surface area contributed by atoms with Crippen LogP contribution in [0.15, 0.2) is 12.1 Å². The van der Waals surface area contributed by atoms with Crippen molar-refractivity contribution >= 4 is 22.2 Å². The number of hydrazine groups is 1. The first kappa shape index (κ1) is 18.9. The summed E-state index contributed by atoms with van der Waals surface area (Å²) in [6.07, 6.45) is 4.67. The summed E-state index contributed by atoms with van der Waals surface area (Å²) >= 11 is 1.53. The van der Waals surface area contributed by atoms with Gasteiger partial charge in [0.1, 0.15) is 22.9 Å². The summed E-state index contributed by atoms with van der Waals surface area (Å²) in [5.74, 6) is 0.109. The van der Waals surface area contributed by atoms with E-state index in [0.29, 0.717) is 17.0 Å². The Bertz CT molecular complexity index is 976. The van der Waals surface area contributed by atoms with Crippen LogP contribution in [0.5, 0.6) is 5.75 Å². The molecule has 1 aliphatic carbocycles. The zero-order chi connectivity index (χ0) is 19.8. The van der Waals surface area contributed by atoms with Gasteiger partial charge in [0, 0.05) is 10.4 Å². The van der Waals surface area contributed by atoms with Crippen LogP contribution in [-0.2, 0) is 17.6 Å². The van der Waals surface area contributed by atoms with Crippen molar-refractivity contribution in [3.8, 4) is 11.8 Å². The van der Waals surface area contributed by atoms with Gasteiger partial charge in [0.05, 0.1) is 11.6 Å². The van der Waals surface area contributed by atoms with Crippen LogP contribution >= 0.6 is 11.3 Å². The van der Waals surface area contributed by atoms with E-state index in [1.54, 1.807) is 0 Å². The molecule has 1 saturated heterocycles. The number of benzene rings is 1. The summed E-state index contributed by atoms with van der Waals surface area (Å²) < 4.78 is 0. The highest BCUT2D eigenvalue weighted by Gasteiger charge is 2.33. The molecule has 0 saturated carbocycles. The van der Waals surface area contributed by atoms with Crippen LogP contribution in [0.3, 0.4) is 0 Å². The van der Waals surface area contributed by atoms with Gasteiger partial charge in [0.25, 0.3) is 0 Å². The van der Waals surface area contributed by atoms with Crippen molar-refractivity contribution in [2.24, 2.45) is 0 Å². The molecule has 2 aromatic rings. The van der Waals surface area contributed by atoms with Crippen LogP contribution in [0.2, 0.25) is 0 Å². The Morgan fingerprint density at radius 1 is 1.29 bits per heavy atom. The van der Waals surface area contributed by atoms with Crippen LogP contribution < -0.4 is 16.2 Å². The number of nitrogens with one attached hydrogen (secondary N) is 3. The predicted octanol–water partition coefficient (Wildman–Crippen LogP) is 3.37. The van der Waals surface area contributed by atoms with Crippen LogP contribution in [0, 0.1) is 25.2 Å². The normalized spacial score (nSPS) is 21.2. The topological polar surface area (TPSA) is 97.2 Å². The summed E-state index contributed by atoms with van der Waals surface area (Å²) in [5.41, 5.74) is 10.6. The lowest BCUT2D eigenvalue weighted by atomic mass is 9.96. The smallest absolute Gasteiger partial charge is 0.243 e. The number of anilines is 1. The molecule has 1 aromatic carbocycles. The number of carbonyl (C=O) groups excluding carboxylic acids is 1. The van der Waals surface area contributed by atoms with Crippen molar-refractivity contribution in [2.45, 2.75) is 58.0 Å². The lowest BCUT2D eigenvalue weighted by Gasteiger charge is -2.14. The quantitative estimate of drug-likeness (QED) is 0.638. The number of phenolic OH excluding ortho intramolecular Hbond substituents is 1. The molecule has 28 heavy (non-hydrogen) atoms. The molecule has 0 radical (unpaired) electrons. The third-order valence-electron chi connectivity index (χ3n) is 5.59. The van der Waals surface area contributed by atoms with E-state index in [-0.39, 0.29) is 17.7 Å². The SMILES string of the molecule is Cc1cc(C)c(O)c(C2CC(C(=O)Nc3sc4c(c3C#N)CCCC4)NN2)c1. The standard InChI is InChI=1S/C21H24N4O2S/c1-11-7-12(2)19(26)14(8-11)16-9-17(25-24-16)20(27)23-21-15(10-22)13-5-3-4-6-18(13)28-21/h7-8,16-17,24-26H,3-6,9H2,1-2H3,(H,23,27). The Morgan fingerprint density at radius 3 is 2.86 bits per heavy atom. The Balaban J connectivity index is 1.49. The molecule has 0 bridgehead atoms. The molecule has 6 nitrogen and oxygen atoms in total. The Hall–Kier alpha value is -2.40. The average Bonchev–Trinajstić information content (AvgIpc) is 3.29. The summed E-state index contributed by atoms with van der Waals surface area (Å²) in [6.45, 7) is 3.87. The van der Waals surface area contributed by atoms with Gasteiger partial charge in [0.15, 0.2) is 0 Å². The lowest BCUT2D eigenvalue weighted by Crippen LogP contribution is -2.39. The third kappa shape index (κ3) is 3.39. The second-order valence-corrected chi connectivity index (χ2v) is 8.77. The number of nitrogens with zero attached hydrogens (tertiary/aromatic N) is 1. The Labute approximate surface area is 168 Å². The molecule has 2 heterocycles. The second-order valence-electron chi connectivity index (χ2n) is 7.67. The third-order valence-corrected chi connectivity index (χ3v) is 6.80. The number of hydrogen-bond acceptors (Lipinski definition) is 6. The summed E-state index contributed by atoms with van der Waals surface area (Å²) in [4.78, 5) is 14.0. The molecule has 4 N–H and O–H groups in total. The van der Waals surface area contributed by atoms with Gasteiger partial charge in [-0.05, 0) is 57.1 Å². The number of thiophene rings is 1. The van der Waals surface area contributed by atoms with E-state index < -0.39 is 6.04 Å². The van der Waals surface area contributed by atoms with Gasteiger partial charge in [-0.15, -0.1) is 11.3 Å². The first-order valence-electron chi connectivity index (χ1n) is 9.64. The van der Waals surface area contributed by atoms with E-state index in [4.69, 9.17) is 0 Å². The molecule has 2 atom stereocenters. The maximum atomic E-state index is 12.8. The van der Waals surface area contributed by atoms with Crippen molar-refractivity contribution in [1.82, 2.24) is 10.9 Å². The summed E-state index contributed by atoms with van der Waals surface area (Å²) in [6, 6.07) is 5.58. The Kier molecular flexibility index (Phi) is 5.11. The fraction of sp³-hybridized carbons (Fsp3) is 0.429. The first-order valence-corrected chi connectivity index (χ1v) is 10.5. The van der Waals surface area contributed by atoms with E-state index >= 15 is 0 Å². The maximum Gasteiger partial charge on any atom is 0.243 e. The molecule has 7 heteroatoms. The highest BCUT2D eigenvalue weighted by molar-refractivity contribution is 7.16. The highest BCUT2D eigenvalue weighted by atomic mass is 32.1. The fourth-order valence-electron chi connectivity index (χ4n) is 4.16. The minimum atomic E-state index is -0.434.